The van der Waals surface area contributed by atoms with Gasteiger partial charge >= 0.3 is 0 Å². The van der Waals surface area contributed by atoms with E-state index in [0.29, 0.717) is 5.76 Å². The van der Waals surface area contributed by atoms with E-state index in [1.165, 1.54) is 0 Å². The molecule has 2 atom stereocenters. The molecule has 2 aliphatic carbocycles. The molecule has 1 saturated heterocycles. The number of nitrogens with zero attached hydrogens (tertiary/aromatic N) is 1. The molecule has 162 valence electrons. The highest BCUT2D eigenvalue weighted by Gasteiger charge is 2.42. The second-order valence-corrected chi connectivity index (χ2v) is 9.39. The Hall–Kier alpha value is -2.30. The van der Waals surface area contributed by atoms with Crippen LogP contribution in [0, 0.1) is 12.8 Å². The van der Waals surface area contributed by atoms with Crippen molar-refractivity contribution < 1.29 is 14.3 Å². The number of rotatable bonds is 4. The fourth-order valence-electron chi connectivity index (χ4n) is 5.11. The van der Waals surface area contributed by atoms with Gasteiger partial charge in [0.2, 0.25) is 5.91 Å². The van der Waals surface area contributed by atoms with Crippen LogP contribution in [0.4, 0.5) is 0 Å². The average molecular weight is 411 g/mol. The molecule has 1 heterocycles. The Morgan fingerprint density at radius 2 is 1.93 bits per heavy atom. The van der Waals surface area contributed by atoms with Gasteiger partial charge in [0.05, 0.1) is 6.04 Å². The van der Waals surface area contributed by atoms with Crippen LogP contribution in [0.15, 0.2) is 30.0 Å². The van der Waals surface area contributed by atoms with Gasteiger partial charge in [-0.15, -0.1) is 0 Å². The zero-order chi connectivity index (χ0) is 21.1. The number of carbonyl (C=O) groups excluding carboxylic acids is 2. The molecular weight excluding hydrogens is 376 g/mol. The molecule has 3 aliphatic rings. The fourth-order valence-corrected chi connectivity index (χ4v) is 5.11. The molecule has 2 amide bonds. The Labute approximate surface area is 179 Å². The van der Waals surface area contributed by atoms with E-state index < -0.39 is 0 Å². The number of fused-ring (bicyclic) bond motifs is 1. The van der Waals surface area contributed by atoms with Crippen LogP contribution in [-0.2, 0) is 14.3 Å². The quantitative estimate of drug-likeness (QED) is 0.757. The summed E-state index contributed by atoms with van der Waals surface area (Å²) in [5.41, 5.74) is 2.09. The van der Waals surface area contributed by atoms with E-state index in [1.54, 1.807) is 4.90 Å². The Morgan fingerprint density at radius 3 is 2.70 bits per heavy atom. The number of carbonyl (C=O) groups is 2. The molecule has 3 fully saturated rings. The normalized spacial score (nSPS) is 30.5. The van der Waals surface area contributed by atoms with Crippen molar-refractivity contribution in [2.75, 3.05) is 6.54 Å². The SMILES string of the molecule is Cc1cccc(/C=C2/OC3CCCCC3N(CC(=O)NC3CCC(C)CC3)C2=O)c1. The largest absolute Gasteiger partial charge is 0.482 e. The van der Waals surface area contributed by atoms with Crippen molar-refractivity contribution in [3.8, 4) is 0 Å². The van der Waals surface area contributed by atoms with Gasteiger partial charge in [-0.1, -0.05) is 43.2 Å². The number of amides is 2. The smallest absolute Gasteiger partial charge is 0.289 e. The van der Waals surface area contributed by atoms with Gasteiger partial charge in [0.1, 0.15) is 12.6 Å². The average Bonchev–Trinajstić information content (AvgIpc) is 2.73. The van der Waals surface area contributed by atoms with Crippen LogP contribution in [0.5, 0.6) is 0 Å². The molecule has 1 aromatic rings. The van der Waals surface area contributed by atoms with Crippen molar-refractivity contribution in [2.24, 2.45) is 5.92 Å². The first-order valence-corrected chi connectivity index (χ1v) is 11.5. The molecule has 4 rings (SSSR count). The van der Waals surface area contributed by atoms with E-state index in [4.69, 9.17) is 4.74 Å². The van der Waals surface area contributed by atoms with Crippen LogP contribution in [0.2, 0.25) is 0 Å². The minimum atomic E-state index is -0.160. The maximum atomic E-state index is 13.3. The highest BCUT2D eigenvalue weighted by Crippen LogP contribution is 2.33. The number of ether oxygens (including phenoxy) is 1. The number of morpholine rings is 1. The lowest BCUT2D eigenvalue weighted by Crippen LogP contribution is -2.57. The summed E-state index contributed by atoms with van der Waals surface area (Å²) in [5, 5.41) is 3.18. The molecular formula is C25H34N2O3. The summed E-state index contributed by atoms with van der Waals surface area (Å²) >= 11 is 0. The van der Waals surface area contributed by atoms with Crippen molar-refractivity contribution >= 4 is 17.9 Å². The van der Waals surface area contributed by atoms with Gasteiger partial charge in [-0.05, 0) is 69.4 Å². The van der Waals surface area contributed by atoms with Gasteiger partial charge in [0.15, 0.2) is 5.76 Å². The molecule has 0 spiro atoms. The third kappa shape index (κ3) is 4.88. The van der Waals surface area contributed by atoms with Crippen LogP contribution in [-0.4, -0.2) is 41.4 Å². The molecule has 1 N–H and O–H groups in total. The summed E-state index contributed by atoms with van der Waals surface area (Å²) in [7, 11) is 0. The summed E-state index contributed by atoms with van der Waals surface area (Å²) < 4.78 is 6.16. The first-order valence-electron chi connectivity index (χ1n) is 11.5. The van der Waals surface area contributed by atoms with Crippen LogP contribution in [0.3, 0.4) is 0 Å². The predicted molar refractivity (Wildman–Crippen MR) is 118 cm³/mol. The minimum Gasteiger partial charge on any atom is -0.482 e. The molecule has 5 nitrogen and oxygen atoms in total. The number of benzene rings is 1. The summed E-state index contributed by atoms with van der Waals surface area (Å²) in [6.07, 6.45) is 10.2. The Morgan fingerprint density at radius 1 is 1.17 bits per heavy atom. The topological polar surface area (TPSA) is 58.6 Å². The summed E-state index contributed by atoms with van der Waals surface area (Å²) in [6.45, 7) is 4.43. The Kier molecular flexibility index (Phi) is 6.45. The predicted octanol–water partition coefficient (Wildman–Crippen LogP) is 4.20. The number of aryl methyl sites for hydroxylation is 1. The molecule has 0 radical (unpaired) electrons. The molecule has 1 aliphatic heterocycles. The maximum Gasteiger partial charge on any atom is 0.289 e. The zero-order valence-corrected chi connectivity index (χ0v) is 18.2. The number of hydrogen-bond acceptors (Lipinski definition) is 3. The van der Waals surface area contributed by atoms with Crippen molar-refractivity contribution in [1.82, 2.24) is 10.2 Å². The lowest BCUT2D eigenvalue weighted by molar-refractivity contribution is -0.152. The van der Waals surface area contributed by atoms with Crippen molar-refractivity contribution in [3.63, 3.8) is 0 Å². The highest BCUT2D eigenvalue weighted by atomic mass is 16.5. The van der Waals surface area contributed by atoms with E-state index in [0.717, 1.165) is 68.4 Å². The molecule has 0 bridgehead atoms. The molecule has 1 aromatic carbocycles. The zero-order valence-electron chi connectivity index (χ0n) is 18.2. The number of hydrogen-bond donors (Lipinski definition) is 1. The second kappa shape index (κ2) is 9.23. The monoisotopic (exact) mass is 410 g/mol. The molecule has 0 aromatic heterocycles. The van der Waals surface area contributed by atoms with Crippen LogP contribution >= 0.6 is 0 Å². The third-order valence-corrected chi connectivity index (χ3v) is 6.85. The summed E-state index contributed by atoms with van der Waals surface area (Å²) in [5.74, 6) is 0.912. The second-order valence-electron chi connectivity index (χ2n) is 9.39. The fraction of sp³-hybridized carbons (Fsp3) is 0.600. The van der Waals surface area contributed by atoms with Crippen molar-refractivity contribution in [1.29, 1.82) is 0 Å². The minimum absolute atomic E-state index is 0.00182. The standard InChI is InChI=1S/C25H34N2O3/c1-17-10-12-20(13-11-17)26-24(28)16-27-21-8-3-4-9-22(21)30-23(25(27)29)15-19-7-5-6-18(2)14-19/h5-7,14-15,17,20-22H,3-4,8-13,16H2,1-2H3,(H,26,28)/b23-15+. The van der Waals surface area contributed by atoms with Crippen molar-refractivity contribution in [2.45, 2.75) is 83.4 Å². The van der Waals surface area contributed by atoms with E-state index >= 15 is 0 Å². The summed E-state index contributed by atoms with van der Waals surface area (Å²) in [6, 6.07) is 8.27. The Balaban J connectivity index is 1.49. The molecule has 5 heteroatoms. The van der Waals surface area contributed by atoms with Crippen LogP contribution in [0.1, 0.15) is 69.4 Å². The van der Waals surface area contributed by atoms with E-state index in [-0.39, 0.29) is 36.5 Å². The third-order valence-electron chi connectivity index (χ3n) is 6.85. The highest BCUT2D eigenvalue weighted by molar-refractivity contribution is 5.98. The van der Waals surface area contributed by atoms with Gasteiger partial charge in [-0.25, -0.2) is 0 Å². The van der Waals surface area contributed by atoms with Gasteiger partial charge in [0.25, 0.3) is 5.91 Å². The van der Waals surface area contributed by atoms with Gasteiger partial charge < -0.3 is 15.0 Å². The molecule has 2 unspecified atom stereocenters. The summed E-state index contributed by atoms with van der Waals surface area (Å²) in [4.78, 5) is 27.9. The number of nitrogens with one attached hydrogen (secondary N) is 1. The van der Waals surface area contributed by atoms with Crippen LogP contribution < -0.4 is 5.32 Å². The Bertz CT molecular complexity index is 810. The van der Waals surface area contributed by atoms with Crippen LogP contribution in [0.25, 0.3) is 6.08 Å². The lowest BCUT2D eigenvalue weighted by atomic mass is 9.87. The van der Waals surface area contributed by atoms with E-state index in [9.17, 15) is 9.59 Å². The van der Waals surface area contributed by atoms with Gasteiger partial charge in [-0.3, -0.25) is 9.59 Å². The van der Waals surface area contributed by atoms with Gasteiger partial charge in [0, 0.05) is 6.04 Å². The van der Waals surface area contributed by atoms with E-state index in [2.05, 4.69) is 12.2 Å². The maximum absolute atomic E-state index is 13.3. The first-order chi connectivity index (χ1) is 14.5. The first kappa shape index (κ1) is 21.0. The lowest BCUT2D eigenvalue weighted by Gasteiger charge is -2.44. The molecule has 2 saturated carbocycles. The van der Waals surface area contributed by atoms with E-state index in [1.807, 2.05) is 37.3 Å². The molecule has 30 heavy (non-hydrogen) atoms. The van der Waals surface area contributed by atoms with Crippen molar-refractivity contribution in [3.05, 3.63) is 41.2 Å². The van der Waals surface area contributed by atoms with Gasteiger partial charge in [-0.2, -0.15) is 0 Å².